The molecule has 0 aliphatic carbocycles. The van der Waals surface area contributed by atoms with Gasteiger partial charge in [-0.25, -0.2) is 14.2 Å². The molecule has 1 aliphatic heterocycles. The molecule has 3 rings (SSSR count). The maximum atomic E-state index is 13.3. The Labute approximate surface area is 181 Å². The molecule has 3 N–H and O–H groups in total. The van der Waals surface area contributed by atoms with Gasteiger partial charge in [-0.3, -0.25) is 0 Å². The van der Waals surface area contributed by atoms with Gasteiger partial charge in [0, 0.05) is 38.2 Å². The van der Waals surface area contributed by atoms with E-state index in [0.717, 1.165) is 25.9 Å². The van der Waals surface area contributed by atoms with E-state index in [1.165, 1.54) is 12.1 Å². The van der Waals surface area contributed by atoms with E-state index in [0.29, 0.717) is 41.0 Å². The zero-order chi connectivity index (χ0) is 22.5. The summed E-state index contributed by atoms with van der Waals surface area (Å²) in [6.07, 6.45) is 1.85. The van der Waals surface area contributed by atoms with E-state index in [2.05, 4.69) is 15.2 Å². The molecule has 7 nitrogen and oxygen atoms in total. The summed E-state index contributed by atoms with van der Waals surface area (Å²) in [7, 11) is 1.70. The molecular weight excluding hydrogens is 399 g/mol. The van der Waals surface area contributed by atoms with Crippen LogP contribution in [0.25, 0.3) is 0 Å². The zero-order valence-electron chi connectivity index (χ0n) is 18.1. The Morgan fingerprint density at radius 2 is 1.97 bits per heavy atom. The number of aromatic carboxylic acids is 1. The molecule has 1 aliphatic rings. The van der Waals surface area contributed by atoms with Crippen LogP contribution in [0, 0.1) is 23.1 Å². The molecular formula is C23H29FN4O3. The topological polar surface area (TPSA) is 98.5 Å². The molecule has 31 heavy (non-hydrogen) atoms. The monoisotopic (exact) mass is 428 g/mol. The van der Waals surface area contributed by atoms with Crippen molar-refractivity contribution in [2.24, 2.45) is 11.8 Å². The van der Waals surface area contributed by atoms with Crippen molar-refractivity contribution in [1.82, 2.24) is 4.98 Å². The van der Waals surface area contributed by atoms with Crippen molar-refractivity contribution in [1.29, 1.82) is 5.41 Å². The molecule has 8 heteroatoms. The van der Waals surface area contributed by atoms with Crippen molar-refractivity contribution >= 4 is 28.9 Å². The minimum absolute atomic E-state index is 0.0870. The van der Waals surface area contributed by atoms with Crippen molar-refractivity contribution in [2.75, 3.05) is 37.0 Å². The second-order valence-electron chi connectivity index (χ2n) is 8.14. The highest BCUT2D eigenvalue weighted by atomic mass is 19.1. The van der Waals surface area contributed by atoms with E-state index in [1.54, 1.807) is 25.3 Å². The summed E-state index contributed by atoms with van der Waals surface area (Å²) in [6.45, 7) is 6.03. The summed E-state index contributed by atoms with van der Waals surface area (Å²) in [4.78, 5) is 18.2. The quantitative estimate of drug-likeness (QED) is 0.534. The summed E-state index contributed by atoms with van der Waals surface area (Å²) in [6, 6.07) is 7.31. The molecule has 1 fully saturated rings. The first-order valence-electron chi connectivity index (χ1n) is 10.4. The third-order valence-corrected chi connectivity index (χ3v) is 5.53. The Bertz CT molecular complexity index is 939. The van der Waals surface area contributed by atoms with Crippen LogP contribution in [0.1, 0.15) is 42.7 Å². The van der Waals surface area contributed by atoms with Gasteiger partial charge >= 0.3 is 5.97 Å². The van der Waals surface area contributed by atoms with Crippen LogP contribution in [0.15, 0.2) is 30.3 Å². The number of benzene rings is 1. The molecule has 1 aromatic carbocycles. The number of rotatable bonds is 8. The summed E-state index contributed by atoms with van der Waals surface area (Å²) in [5, 5.41) is 21.5. The standard InChI is InChI=1S/C23H29FN4O3/c1-14(2)21(25)20-19(28-10-8-15(9-11-28)13-31-3)12-18(23(29)30)27-22(20)26-17-6-4-16(24)5-7-17/h4-7,12,14-15,25H,8-11,13H2,1-3H3,(H,26,27)(H,29,30). The Hall–Kier alpha value is -3.00. The molecule has 0 spiro atoms. The third-order valence-electron chi connectivity index (χ3n) is 5.53. The lowest BCUT2D eigenvalue weighted by Gasteiger charge is -2.35. The molecule has 0 saturated carbocycles. The number of nitrogens with zero attached hydrogens (tertiary/aromatic N) is 2. The molecule has 166 valence electrons. The van der Waals surface area contributed by atoms with Crippen molar-refractivity contribution in [3.63, 3.8) is 0 Å². The average molecular weight is 429 g/mol. The molecule has 0 radical (unpaired) electrons. The first kappa shape index (κ1) is 22.7. The van der Waals surface area contributed by atoms with Crippen LogP contribution in [0.3, 0.4) is 0 Å². The van der Waals surface area contributed by atoms with Gasteiger partial charge in [-0.1, -0.05) is 13.8 Å². The largest absolute Gasteiger partial charge is 0.477 e. The molecule has 0 unspecified atom stereocenters. The van der Waals surface area contributed by atoms with Crippen LogP contribution in [0.5, 0.6) is 0 Å². The summed E-state index contributed by atoms with van der Waals surface area (Å²) in [5.74, 6) is -0.838. The van der Waals surface area contributed by atoms with Crippen LogP contribution in [0.4, 0.5) is 21.6 Å². The SMILES string of the molecule is COCC1CCN(c2cc(C(=O)O)nc(Nc3ccc(F)cc3)c2C(=N)C(C)C)CC1. The molecule has 1 aromatic heterocycles. The number of anilines is 3. The summed E-state index contributed by atoms with van der Waals surface area (Å²) < 4.78 is 18.6. The lowest BCUT2D eigenvalue weighted by Crippen LogP contribution is -2.36. The average Bonchev–Trinajstić information content (AvgIpc) is 2.75. The Morgan fingerprint density at radius 1 is 1.32 bits per heavy atom. The second kappa shape index (κ2) is 9.87. The van der Waals surface area contributed by atoms with Crippen molar-refractivity contribution in [3.8, 4) is 0 Å². The van der Waals surface area contributed by atoms with E-state index in [4.69, 9.17) is 10.1 Å². The van der Waals surface area contributed by atoms with E-state index < -0.39 is 5.97 Å². The van der Waals surface area contributed by atoms with Gasteiger partial charge in [0.05, 0.1) is 11.3 Å². The highest BCUT2D eigenvalue weighted by Gasteiger charge is 2.27. The van der Waals surface area contributed by atoms with E-state index in [9.17, 15) is 14.3 Å². The lowest BCUT2D eigenvalue weighted by molar-refractivity contribution is 0.0690. The first-order chi connectivity index (χ1) is 14.8. The number of piperidine rings is 1. The third kappa shape index (κ3) is 5.38. The van der Waals surface area contributed by atoms with Crippen molar-refractivity contribution in [2.45, 2.75) is 26.7 Å². The summed E-state index contributed by atoms with van der Waals surface area (Å²) in [5.41, 5.74) is 2.10. The van der Waals surface area contributed by atoms with Crippen LogP contribution < -0.4 is 10.2 Å². The highest BCUT2D eigenvalue weighted by Crippen LogP contribution is 2.34. The van der Waals surface area contributed by atoms with Gasteiger partial charge in [-0.05, 0) is 55.0 Å². The van der Waals surface area contributed by atoms with Gasteiger partial charge < -0.3 is 25.5 Å². The van der Waals surface area contributed by atoms with Gasteiger partial charge in [0.15, 0.2) is 5.69 Å². The smallest absolute Gasteiger partial charge is 0.354 e. The van der Waals surface area contributed by atoms with Crippen LogP contribution in [0.2, 0.25) is 0 Å². The normalized spacial score (nSPS) is 14.7. The first-order valence-corrected chi connectivity index (χ1v) is 10.4. The number of halogens is 1. The fourth-order valence-electron chi connectivity index (χ4n) is 3.78. The Morgan fingerprint density at radius 3 is 2.52 bits per heavy atom. The number of hydrogen-bond donors (Lipinski definition) is 3. The lowest BCUT2D eigenvalue weighted by atomic mass is 9.94. The van der Waals surface area contributed by atoms with Gasteiger partial charge in [0.1, 0.15) is 11.6 Å². The number of ether oxygens (including phenoxy) is 1. The highest BCUT2D eigenvalue weighted by molar-refractivity contribution is 6.09. The summed E-state index contributed by atoms with van der Waals surface area (Å²) >= 11 is 0. The van der Waals surface area contributed by atoms with Gasteiger partial charge in [-0.15, -0.1) is 0 Å². The van der Waals surface area contributed by atoms with E-state index in [-0.39, 0.29) is 17.4 Å². The minimum Gasteiger partial charge on any atom is -0.477 e. The van der Waals surface area contributed by atoms with Crippen LogP contribution >= 0.6 is 0 Å². The van der Waals surface area contributed by atoms with Gasteiger partial charge in [0.25, 0.3) is 0 Å². The maximum Gasteiger partial charge on any atom is 0.354 e. The molecule has 0 amide bonds. The molecule has 2 heterocycles. The maximum absolute atomic E-state index is 13.3. The molecule has 0 atom stereocenters. The number of aromatic nitrogens is 1. The van der Waals surface area contributed by atoms with Gasteiger partial charge in [0.2, 0.25) is 0 Å². The number of pyridine rings is 1. The Balaban J connectivity index is 2.07. The fraction of sp³-hybridized carbons (Fsp3) is 0.435. The van der Waals surface area contributed by atoms with Crippen molar-refractivity contribution < 1.29 is 19.0 Å². The number of carbonyl (C=O) groups is 1. The number of nitrogens with one attached hydrogen (secondary N) is 2. The second-order valence-corrected chi connectivity index (χ2v) is 8.14. The number of carboxylic acid groups (broad SMARTS) is 1. The van der Waals surface area contributed by atoms with Crippen molar-refractivity contribution in [3.05, 3.63) is 47.4 Å². The van der Waals surface area contributed by atoms with Gasteiger partial charge in [-0.2, -0.15) is 0 Å². The number of hydrogen-bond acceptors (Lipinski definition) is 6. The van der Waals surface area contributed by atoms with Crippen LogP contribution in [-0.2, 0) is 4.74 Å². The number of carboxylic acids is 1. The minimum atomic E-state index is -1.14. The fourth-order valence-corrected chi connectivity index (χ4v) is 3.78. The van der Waals surface area contributed by atoms with E-state index in [1.807, 2.05) is 13.8 Å². The molecule has 2 aromatic rings. The Kier molecular flexibility index (Phi) is 7.22. The predicted molar refractivity (Wildman–Crippen MR) is 119 cm³/mol. The van der Waals surface area contributed by atoms with E-state index >= 15 is 0 Å². The zero-order valence-corrected chi connectivity index (χ0v) is 18.1. The molecule has 0 bridgehead atoms. The predicted octanol–water partition coefficient (Wildman–Crippen LogP) is 4.55. The van der Waals surface area contributed by atoms with Crippen LogP contribution in [-0.4, -0.2) is 48.6 Å². The molecule has 1 saturated heterocycles. The number of methoxy groups -OCH3 is 1.